The third kappa shape index (κ3) is 4.83. The molecule has 0 unspecified atom stereocenters. The van der Waals surface area contributed by atoms with Crippen molar-refractivity contribution in [1.29, 1.82) is 0 Å². The molecule has 3 aromatic rings. The largest absolute Gasteiger partial charge is 0.479 e. The van der Waals surface area contributed by atoms with Gasteiger partial charge >= 0.3 is 0 Å². The first kappa shape index (κ1) is 19.3. The van der Waals surface area contributed by atoms with E-state index in [0.717, 1.165) is 5.56 Å². The van der Waals surface area contributed by atoms with Gasteiger partial charge < -0.3 is 19.6 Å². The van der Waals surface area contributed by atoms with Crippen LogP contribution in [0.4, 0.5) is 5.69 Å². The van der Waals surface area contributed by atoms with E-state index in [9.17, 15) is 4.79 Å². The Labute approximate surface area is 166 Å². The van der Waals surface area contributed by atoms with Gasteiger partial charge in [-0.05, 0) is 49.4 Å². The molecule has 1 aromatic heterocycles. The van der Waals surface area contributed by atoms with E-state index in [0.29, 0.717) is 33.0 Å². The standard InChI is InChI=1S/C20H17Cl2NO4/c1-12(26-19-7-5-14(21)10-17(19)22)20(25)23-15-4-2-3-13(9-15)18-8-6-16(11-24)27-18/h2-10,12,24H,11H2,1H3,(H,23,25)/t12-/m0/s1. The van der Waals surface area contributed by atoms with Gasteiger partial charge in [-0.15, -0.1) is 0 Å². The topological polar surface area (TPSA) is 71.7 Å². The molecular weight excluding hydrogens is 389 g/mol. The Hall–Kier alpha value is -2.47. The molecule has 2 aromatic carbocycles. The molecule has 0 aliphatic carbocycles. The molecule has 5 nitrogen and oxygen atoms in total. The number of ether oxygens (including phenoxy) is 1. The Morgan fingerprint density at radius 2 is 2.00 bits per heavy atom. The van der Waals surface area contributed by atoms with E-state index in [2.05, 4.69) is 5.32 Å². The highest BCUT2D eigenvalue weighted by molar-refractivity contribution is 6.35. The number of anilines is 1. The van der Waals surface area contributed by atoms with Crippen LogP contribution in [0.2, 0.25) is 10.0 Å². The molecule has 0 saturated heterocycles. The molecule has 0 aliphatic rings. The van der Waals surface area contributed by atoms with Crippen LogP contribution in [-0.4, -0.2) is 17.1 Å². The monoisotopic (exact) mass is 405 g/mol. The van der Waals surface area contributed by atoms with Crippen LogP contribution >= 0.6 is 23.2 Å². The molecule has 7 heteroatoms. The van der Waals surface area contributed by atoms with E-state index < -0.39 is 6.10 Å². The number of hydrogen-bond donors (Lipinski definition) is 2. The summed E-state index contributed by atoms with van der Waals surface area (Å²) in [4.78, 5) is 12.4. The van der Waals surface area contributed by atoms with Gasteiger partial charge in [0, 0.05) is 16.3 Å². The van der Waals surface area contributed by atoms with Crippen LogP contribution in [-0.2, 0) is 11.4 Å². The normalized spacial score (nSPS) is 11.9. The summed E-state index contributed by atoms with van der Waals surface area (Å²) in [5.41, 5.74) is 1.37. The highest BCUT2D eigenvalue weighted by Crippen LogP contribution is 2.29. The maximum atomic E-state index is 12.4. The highest BCUT2D eigenvalue weighted by atomic mass is 35.5. The lowest BCUT2D eigenvalue weighted by atomic mass is 10.1. The lowest BCUT2D eigenvalue weighted by Gasteiger charge is -2.16. The van der Waals surface area contributed by atoms with Crippen molar-refractivity contribution in [2.45, 2.75) is 19.6 Å². The van der Waals surface area contributed by atoms with E-state index in [1.54, 1.807) is 55.5 Å². The number of aliphatic hydroxyl groups is 1. The second-order valence-corrected chi connectivity index (χ2v) is 6.67. The van der Waals surface area contributed by atoms with Gasteiger partial charge in [0.25, 0.3) is 5.91 Å². The smallest absolute Gasteiger partial charge is 0.265 e. The minimum Gasteiger partial charge on any atom is -0.479 e. The first-order valence-electron chi connectivity index (χ1n) is 8.19. The van der Waals surface area contributed by atoms with Crippen LogP contribution in [0.15, 0.2) is 59.0 Å². The van der Waals surface area contributed by atoms with Crippen molar-refractivity contribution in [3.8, 4) is 17.1 Å². The third-order valence-corrected chi connectivity index (χ3v) is 4.33. The van der Waals surface area contributed by atoms with Crippen LogP contribution in [0.1, 0.15) is 12.7 Å². The lowest BCUT2D eigenvalue weighted by Crippen LogP contribution is -2.30. The van der Waals surface area contributed by atoms with E-state index in [4.69, 9.17) is 37.5 Å². The summed E-state index contributed by atoms with van der Waals surface area (Å²) in [7, 11) is 0. The summed E-state index contributed by atoms with van der Waals surface area (Å²) in [5.74, 6) is 1.13. The number of amides is 1. The van der Waals surface area contributed by atoms with Crippen molar-refractivity contribution in [3.05, 3.63) is 70.4 Å². The van der Waals surface area contributed by atoms with Gasteiger partial charge in [-0.3, -0.25) is 4.79 Å². The number of rotatable bonds is 6. The average Bonchev–Trinajstić information content (AvgIpc) is 3.13. The number of benzene rings is 2. The first-order chi connectivity index (χ1) is 13.0. The molecule has 0 fully saturated rings. The number of carbonyl (C=O) groups excluding carboxylic acids is 1. The van der Waals surface area contributed by atoms with E-state index >= 15 is 0 Å². The maximum Gasteiger partial charge on any atom is 0.265 e. The Kier molecular flexibility index (Phi) is 6.06. The summed E-state index contributed by atoms with van der Waals surface area (Å²) in [6.07, 6.45) is -0.767. The molecule has 1 atom stereocenters. The zero-order valence-electron chi connectivity index (χ0n) is 14.4. The van der Waals surface area contributed by atoms with Crippen molar-refractivity contribution in [1.82, 2.24) is 0 Å². The second kappa shape index (κ2) is 8.48. The molecule has 2 N–H and O–H groups in total. The summed E-state index contributed by atoms with van der Waals surface area (Å²) < 4.78 is 11.1. The molecule has 3 rings (SSSR count). The molecule has 1 heterocycles. The van der Waals surface area contributed by atoms with Crippen LogP contribution in [0, 0.1) is 0 Å². The Balaban J connectivity index is 1.69. The molecule has 0 aliphatic heterocycles. The molecular formula is C20H17Cl2NO4. The fraction of sp³-hybridized carbons (Fsp3) is 0.150. The predicted octanol–water partition coefficient (Wildman–Crippen LogP) is 5.15. The van der Waals surface area contributed by atoms with E-state index in [1.807, 2.05) is 6.07 Å². The zero-order chi connectivity index (χ0) is 19.4. The summed E-state index contributed by atoms with van der Waals surface area (Å²) in [6, 6.07) is 15.5. The van der Waals surface area contributed by atoms with Gasteiger partial charge in [0.2, 0.25) is 0 Å². The number of furan rings is 1. The Morgan fingerprint density at radius 1 is 1.19 bits per heavy atom. The van der Waals surface area contributed by atoms with Gasteiger partial charge in [0.05, 0.1) is 5.02 Å². The molecule has 27 heavy (non-hydrogen) atoms. The first-order valence-corrected chi connectivity index (χ1v) is 8.94. The van der Waals surface area contributed by atoms with Crippen molar-refractivity contribution in [2.24, 2.45) is 0 Å². The van der Waals surface area contributed by atoms with Gasteiger partial charge in [-0.1, -0.05) is 35.3 Å². The van der Waals surface area contributed by atoms with Crippen LogP contribution in [0.3, 0.4) is 0 Å². The quantitative estimate of drug-likeness (QED) is 0.594. The van der Waals surface area contributed by atoms with Gasteiger partial charge in [0.15, 0.2) is 6.10 Å². The van der Waals surface area contributed by atoms with Crippen molar-refractivity contribution >= 4 is 34.8 Å². The predicted molar refractivity (Wildman–Crippen MR) is 105 cm³/mol. The number of hydrogen-bond acceptors (Lipinski definition) is 4. The maximum absolute atomic E-state index is 12.4. The molecule has 0 spiro atoms. The zero-order valence-corrected chi connectivity index (χ0v) is 15.9. The Bertz CT molecular complexity index is 955. The lowest BCUT2D eigenvalue weighted by molar-refractivity contribution is -0.122. The van der Waals surface area contributed by atoms with Crippen LogP contribution < -0.4 is 10.1 Å². The molecule has 1 amide bonds. The fourth-order valence-electron chi connectivity index (χ4n) is 2.43. The van der Waals surface area contributed by atoms with E-state index in [1.165, 1.54) is 0 Å². The SMILES string of the molecule is C[C@H](Oc1ccc(Cl)cc1Cl)C(=O)Nc1cccc(-c2ccc(CO)o2)c1. The summed E-state index contributed by atoms with van der Waals surface area (Å²) in [5, 5.41) is 12.7. The van der Waals surface area contributed by atoms with Gasteiger partial charge in [-0.2, -0.15) is 0 Å². The third-order valence-electron chi connectivity index (χ3n) is 3.80. The van der Waals surface area contributed by atoms with E-state index in [-0.39, 0.29) is 12.5 Å². The van der Waals surface area contributed by atoms with Gasteiger partial charge in [-0.25, -0.2) is 0 Å². The number of halogens is 2. The highest BCUT2D eigenvalue weighted by Gasteiger charge is 2.17. The molecule has 0 radical (unpaired) electrons. The average molecular weight is 406 g/mol. The van der Waals surface area contributed by atoms with Crippen molar-refractivity contribution in [2.75, 3.05) is 5.32 Å². The molecule has 0 saturated carbocycles. The summed E-state index contributed by atoms with van der Waals surface area (Å²) in [6.45, 7) is 1.46. The fourth-order valence-corrected chi connectivity index (χ4v) is 2.88. The Morgan fingerprint density at radius 3 is 2.70 bits per heavy atom. The van der Waals surface area contributed by atoms with Crippen LogP contribution in [0.5, 0.6) is 5.75 Å². The minimum absolute atomic E-state index is 0.168. The summed E-state index contributed by atoms with van der Waals surface area (Å²) >= 11 is 11.9. The van der Waals surface area contributed by atoms with Gasteiger partial charge in [0.1, 0.15) is 23.9 Å². The number of nitrogens with one attached hydrogen (secondary N) is 1. The molecule has 140 valence electrons. The minimum atomic E-state index is -0.767. The van der Waals surface area contributed by atoms with Crippen LogP contribution in [0.25, 0.3) is 11.3 Å². The van der Waals surface area contributed by atoms with Crippen molar-refractivity contribution < 1.29 is 19.1 Å². The number of carbonyl (C=O) groups is 1. The van der Waals surface area contributed by atoms with Crippen molar-refractivity contribution in [3.63, 3.8) is 0 Å². The molecule has 0 bridgehead atoms. The second-order valence-electron chi connectivity index (χ2n) is 5.83. The number of aliphatic hydroxyl groups excluding tert-OH is 1.